The first-order valence-corrected chi connectivity index (χ1v) is 9.02. The molecule has 1 aromatic rings. The number of aromatic nitrogens is 1. The highest BCUT2D eigenvalue weighted by atomic mass is 32.2. The second-order valence-corrected chi connectivity index (χ2v) is 7.47. The Balaban J connectivity index is 2.08. The summed E-state index contributed by atoms with van der Waals surface area (Å²) in [6, 6.07) is 3.78. The molecule has 131 valence electrons. The molecule has 0 spiro atoms. The third kappa shape index (κ3) is 4.59. The van der Waals surface area contributed by atoms with Gasteiger partial charge in [0.25, 0.3) is 10.0 Å². The third-order valence-electron chi connectivity index (χ3n) is 3.57. The smallest absolute Gasteiger partial charge is 0.260 e. The molecule has 1 radical (unpaired) electrons. The Morgan fingerprint density at radius 1 is 1.50 bits per heavy atom. The van der Waals surface area contributed by atoms with E-state index in [4.69, 9.17) is 5.11 Å². The number of rotatable bonds is 5. The summed E-state index contributed by atoms with van der Waals surface area (Å²) in [5.74, 6) is -0.941. The van der Waals surface area contributed by atoms with E-state index < -0.39 is 28.1 Å². The van der Waals surface area contributed by atoms with Gasteiger partial charge in [0.15, 0.2) is 10.8 Å². The summed E-state index contributed by atoms with van der Waals surface area (Å²) in [6.45, 7) is 1.28. The number of carbonyl (C=O) groups is 2. The van der Waals surface area contributed by atoms with Crippen molar-refractivity contribution in [2.45, 2.75) is 36.9 Å². The van der Waals surface area contributed by atoms with E-state index in [-0.39, 0.29) is 23.9 Å². The molecule has 1 fully saturated rings. The zero-order valence-electron chi connectivity index (χ0n) is 13.3. The third-order valence-corrected chi connectivity index (χ3v) is 5.33. The molecule has 1 aliphatic rings. The van der Waals surface area contributed by atoms with E-state index in [1.54, 1.807) is 12.1 Å². The number of carbonyl (C=O) groups excluding carboxylic acids is 2. The quantitative estimate of drug-likeness (QED) is 0.737. The summed E-state index contributed by atoms with van der Waals surface area (Å²) < 4.78 is 26.2. The molecule has 1 aromatic heterocycles. The molecule has 1 amide bonds. The number of pyridine rings is 1. The van der Waals surface area contributed by atoms with E-state index >= 15 is 0 Å². The van der Waals surface area contributed by atoms with Crippen LogP contribution in [-0.4, -0.2) is 59.7 Å². The normalized spacial score (nSPS) is 21.1. The van der Waals surface area contributed by atoms with Gasteiger partial charge < -0.3 is 10.4 Å². The molecule has 2 heterocycles. The SMILES string of the molecule is CC(O)[CH]C(=O)NC1CCCN(S(=O)(=O)c2ccccn2)CC1=O. The molecule has 9 heteroatoms. The van der Waals surface area contributed by atoms with Gasteiger partial charge in [-0.2, -0.15) is 4.31 Å². The van der Waals surface area contributed by atoms with Crippen molar-refractivity contribution in [3.63, 3.8) is 0 Å². The van der Waals surface area contributed by atoms with Crippen LogP contribution in [0.15, 0.2) is 29.4 Å². The summed E-state index contributed by atoms with van der Waals surface area (Å²) >= 11 is 0. The lowest BCUT2D eigenvalue weighted by molar-refractivity contribution is -0.126. The highest BCUT2D eigenvalue weighted by molar-refractivity contribution is 7.89. The van der Waals surface area contributed by atoms with Gasteiger partial charge in [-0.25, -0.2) is 13.4 Å². The largest absolute Gasteiger partial charge is 0.393 e. The van der Waals surface area contributed by atoms with Gasteiger partial charge in [0.2, 0.25) is 5.91 Å². The van der Waals surface area contributed by atoms with Crippen LogP contribution in [0.1, 0.15) is 19.8 Å². The second kappa shape index (κ2) is 7.82. The maximum atomic E-state index is 12.5. The molecule has 2 rings (SSSR count). The summed E-state index contributed by atoms with van der Waals surface area (Å²) in [4.78, 5) is 27.8. The summed E-state index contributed by atoms with van der Waals surface area (Å²) in [5, 5.41) is 11.6. The number of hydrogen-bond donors (Lipinski definition) is 2. The fraction of sp³-hybridized carbons (Fsp3) is 0.467. The molecule has 1 saturated heterocycles. The molecule has 8 nitrogen and oxygen atoms in total. The van der Waals surface area contributed by atoms with Crippen LogP contribution in [0.5, 0.6) is 0 Å². The topological polar surface area (TPSA) is 117 Å². The van der Waals surface area contributed by atoms with Crippen LogP contribution in [0.2, 0.25) is 0 Å². The zero-order valence-corrected chi connectivity index (χ0v) is 14.1. The number of sulfonamides is 1. The Morgan fingerprint density at radius 2 is 2.25 bits per heavy atom. The number of aliphatic hydroxyl groups is 1. The van der Waals surface area contributed by atoms with Crippen molar-refractivity contribution in [2.75, 3.05) is 13.1 Å². The van der Waals surface area contributed by atoms with Gasteiger partial charge in [-0.05, 0) is 31.9 Å². The zero-order chi connectivity index (χ0) is 17.7. The number of nitrogens with zero attached hydrogens (tertiary/aromatic N) is 2. The van der Waals surface area contributed by atoms with Gasteiger partial charge in [0.05, 0.1) is 25.1 Å². The van der Waals surface area contributed by atoms with Gasteiger partial charge in [-0.1, -0.05) is 6.07 Å². The van der Waals surface area contributed by atoms with E-state index in [0.29, 0.717) is 12.8 Å². The number of amides is 1. The average Bonchev–Trinajstić information content (AvgIpc) is 2.70. The van der Waals surface area contributed by atoms with Crippen molar-refractivity contribution < 1.29 is 23.1 Å². The minimum atomic E-state index is -3.85. The van der Waals surface area contributed by atoms with Crippen LogP contribution in [0, 0.1) is 6.42 Å². The summed E-state index contributed by atoms with van der Waals surface area (Å²) in [5.41, 5.74) is 0. The van der Waals surface area contributed by atoms with Crippen molar-refractivity contribution in [3.05, 3.63) is 30.8 Å². The predicted molar refractivity (Wildman–Crippen MR) is 85.1 cm³/mol. The highest BCUT2D eigenvalue weighted by Gasteiger charge is 2.33. The first-order chi connectivity index (χ1) is 11.3. The molecule has 2 unspecified atom stereocenters. The first-order valence-electron chi connectivity index (χ1n) is 7.58. The highest BCUT2D eigenvalue weighted by Crippen LogP contribution is 2.17. The molecule has 1 aliphatic heterocycles. The molecule has 0 aliphatic carbocycles. The van der Waals surface area contributed by atoms with Crippen LogP contribution in [-0.2, 0) is 19.6 Å². The maximum Gasteiger partial charge on any atom is 0.260 e. The van der Waals surface area contributed by atoms with Gasteiger partial charge in [-0.3, -0.25) is 9.59 Å². The van der Waals surface area contributed by atoms with Crippen molar-refractivity contribution in [1.82, 2.24) is 14.6 Å². The van der Waals surface area contributed by atoms with Crippen LogP contribution in [0.25, 0.3) is 0 Å². The Labute approximate surface area is 140 Å². The molecule has 0 aromatic carbocycles. The average molecular weight is 354 g/mol. The van der Waals surface area contributed by atoms with Gasteiger partial charge in [0.1, 0.15) is 0 Å². The van der Waals surface area contributed by atoms with Crippen LogP contribution >= 0.6 is 0 Å². The lowest BCUT2D eigenvalue weighted by Crippen LogP contribution is -2.45. The molecular weight excluding hydrogens is 334 g/mol. The Bertz CT molecular complexity index is 690. The fourth-order valence-corrected chi connectivity index (χ4v) is 3.80. The van der Waals surface area contributed by atoms with E-state index in [9.17, 15) is 18.0 Å². The summed E-state index contributed by atoms with van der Waals surface area (Å²) in [6.07, 6.45) is 2.28. The number of ketones is 1. The van der Waals surface area contributed by atoms with Gasteiger partial charge >= 0.3 is 0 Å². The van der Waals surface area contributed by atoms with Gasteiger partial charge in [-0.15, -0.1) is 0 Å². The second-order valence-electron chi connectivity index (χ2n) is 5.58. The maximum absolute atomic E-state index is 12.5. The Hall–Kier alpha value is -1.84. The standard InChI is InChI=1S/C15H20N3O5S/c1-11(19)9-14(21)17-12-5-4-8-18(10-13(12)20)24(22,23)15-6-2-3-7-16-15/h2-3,6-7,9,11-12,19H,4-5,8,10H2,1H3,(H,17,21). The van der Waals surface area contributed by atoms with Crippen LogP contribution < -0.4 is 5.32 Å². The van der Waals surface area contributed by atoms with Crippen molar-refractivity contribution in [2.24, 2.45) is 0 Å². The molecule has 24 heavy (non-hydrogen) atoms. The van der Waals surface area contributed by atoms with Gasteiger partial charge in [0, 0.05) is 12.7 Å². The minimum Gasteiger partial charge on any atom is -0.393 e. The predicted octanol–water partition coefficient (Wildman–Crippen LogP) is -0.495. The number of nitrogens with one attached hydrogen (secondary N) is 1. The van der Waals surface area contributed by atoms with Crippen LogP contribution in [0.3, 0.4) is 0 Å². The first kappa shape index (κ1) is 18.5. The minimum absolute atomic E-state index is 0.109. The van der Waals surface area contributed by atoms with Crippen molar-refractivity contribution in [1.29, 1.82) is 0 Å². The van der Waals surface area contributed by atoms with E-state index in [0.717, 1.165) is 10.7 Å². The van der Waals surface area contributed by atoms with E-state index in [1.807, 2.05) is 0 Å². The Morgan fingerprint density at radius 3 is 2.88 bits per heavy atom. The fourth-order valence-electron chi connectivity index (χ4n) is 2.42. The Kier molecular flexibility index (Phi) is 6.03. The molecule has 0 saturated carbocycles. The lowest BCUT2D eigenvalue weighted by Gasteiger charge is -2.19. The number of Topliss-reactive ketones (excluding diaryl/α,β-unsaturated/α-hetero) is 1. The number of hydrogen-bond acceptors (Lipinski definition) is 6. The van der Waals surface area contributed by atoms with Crippen molar-refractivity contribution in [3.8, 4) is 0 Å². The van der Waals surface area contributed by atoms with E-state index in [1.165, 1.54) is 19.2 Å². The van der Waals surface area contributed by atoms with Crippen molar-refractivity contribution >= 4 is 21.7 Å². The molecule has 2 atom stereocenters. The van der Waals surface area contributed by atoms with Crippen LogP contribution in [0.4, 0.5) is 0 Å². The van der Waals surface area contributed by atoms with E-state index in [2.05, 4.69) is 10.3 Å². The number of aliphatic hydroxyl groups excluding tert-OH is 1. The summed E-state index contributed by atoms with van der Waals surface area (Å²) in [7, 11) is -3.85. The monoisotopic (exact) mass is 354 g/mol. The molecular formula is C15H20N3O5S. The molecule has 2 N–H and O–H groups in total. The molecule has 0 bridgehead atoms. The lowest BCUT2D eigenvalue weighted by atomic mass is 10.1.